The van der Waals surface area contributed by atoms with Gasteiger partial charge in [0.25, 0.3) is 11.8 Å². The van der Waals surface area contributed by atoms with E-state index in [1.807, 2.05) is 32.0 Å². The minimum atomic E-state index is -1.05. The van der Waals surface area contributed by atoms with Crippen LogP contribution in [-0.4, -0.2) is 82.4 Å². The molecule has 0 saturated carbocycles. The number of carbonyl (C=O) groups excluding carboxylic acids is 2. The first-order valence-corrected chi connectivity index (χ1v) is 12.1. The molecule has 1 aromatic carbocycles. The van der Waals surface area contributed by atoms with Gasteiger partial charge in [-0.3, -0.25) is 14.5 Å². The molecule has 5 heterocycles. The number of thioether (sulfide) groups is 1. The summed E-state index contributed by atoms with van der Waals surface area (Å²) >= 11 is 1.41. The van der Waals surface area contributed by atoms with Gasteiger partial charge in [-0.15, -0.1) is 0 Å². The van der Waals surface area contributed by atoms with Gasteiger partial charge in [0.05, 0.1) is 30.7 Å². The number of rotatable bonds is 4. The predicted molar refractivity (Wildman–Crippen MR) is 118 cm³/mol. The number of nitrogens with zero attached hydrogens (tertiary/aromatic N) is 4. The maximum Gasteiger partial charge on any atom is 0.261 e. The topological polar surface area (TPSA) is 95.3 Å². The zero-order chi connectivity index (χ0) is 23.0. The van der Waals surface area contributed by atoms with Gasteiger partial charge in [0, 0.05) is 32.6 Å². The van der Waals surface area contributed by atoms with Crippen LogP contribution in [0.15, 0.2) is 18.2 Å². The largest absolute Gasteiger partial charge is 0.454 e. The van der Waals surface area contributed by atoms with Crippen LogP contribution < -0.4 is 9.47 Å². The van der Waals surface area contributed by atoms with Crippen LogP contribution in [-0.2, 0) is 14.3 Å². The molecule has 2 bridgehead atoms. The lowest BCUT2D eigenvalue weighted by Gasteiger charge is -2.42. The van der Waals surface area contributed by atoms with Gasteiger partial charge in [-0.05, 0) is 31.5 Å². The molecular weight excluding hydrogens is 444 g/mol. The third kappa shape index (κ3) is 2.73. The molecule has 33 heavy (non-hydrogen) atoms. The molecule has 1 aromatic rings. The Morgan fingerprint density at radius 3 is 2.64 bits per heavy atom. The van der Waals surface area contributed by atoms with Crippen molar-refractivity contribution in [2.45, 2.75) is 36.1 Å². The fraction of sp³-hybridized carbons (Fsp3) is 0.609. The number of carbonyl (C=O) groups is 2. The number of benzene rings is 1. The van der Waals surface area contributed by atoms with Crippen LogP contribution in [0.2, 0.25) is 0 Å². The fourth-order valence-corrected chi connectivity index (χ4v) is 8.00. The van der Waals surface area contributed by atoms with Gasteiger partial charge in [0.1, 0.15) is 0 Å². The molecule has 0 radical (unpaired) electrons. The summed E-state index contributed by atoms with van der Waals surface area (Å²) in [7, 11) is 0. The lowest BCUT2D eigenvalue weighted by molar-refractivity contribution is -0.161. The first kappa shape index (κ1) is 21.1. The van der Waals surface area contributed by atoms with E-state index in [9.17, 15) is 14.9 Å². The number of nitriles is 1. The van der Waals surface area contributed by atoms with Crippen LogP contribution in [0.3, 0.4) is 0 Å². The number of piperazine rings is 1. The molecule has 0 aliphatic carbocycles. The maximum atomic E-state index is 13.9. The van der Waals surface area contributed by atoms with E-state index in [1.54, 1.807) is 9.80 Å². The van der Waals surface area contributed by atoms with E-state index in [4.69, 9.17) is 14.2 Å². The lowest BCUT2D eigenvalue weighted by Crippen LogP contribution is -2.63. The van der Waals surface area contributed by atoms with Crippen LogP contribution in [0.1, 0.15) is 31.9 Å². The van der Waals surface area contributed by atoms with Crippen LogP contribution in [0, 0.1) is 16.7 Å². The van der Waals surface area contributed by atoms with Crippen molar-refractivity contribution in [2.24, 2.45) is 5.41 Å². The summed E-state index contributed by atoms with van der Waals surface area (Å²) in [4.78, 5) is 31.5. The third-order valence-corrected chi connectivity index (χ3v) is 9.29. The third-order valence-electron chi connectivity index (χ3n) is 7.65. The average molecular weight is 471 g/mol. The standard InChI is InChI=1S/C23H26N4O5S/c1-21(13-24)12-23-20(29)26(6-5-25-7-9-30-10-8-25)22(2,33-23)19(28)27(23)18(21)15-3-4-16-17(11-15)32-14-31-16/h3-4,11,18H,5-10,12,14H2,1-2H3/t18-,21+,22?,23?/m0/s1. The van der Waals surface area contributed by atoms with Crippen LogP contribution in [0.25, 0.3) is 0 Å². The second kappa shape index (κ2) is 7.01. The lowest BCUT2D eigenvalue weighted by atomic mass is 9.79. The zero-order valence-corrected chi connectivity index (χ0v) is 19.5. The molecule has 5 aliphatic heterocycles. The Bertz CT molecular complexity index is 1090. The molecule has 174 valence electrons. The van der Waals surface area contributed by atoms with Gasteiger partial charge >= 0.3 is 0 Å². The van der Waals surface area contributed by atoms with Crippen molar-refractivity contribution < 1.29 is 23.8 Å². The van der Waals surface area contributed by atoms with E-state index >= 15 is 0 Å². The summed E-state index contributed by atoms with van der Waals surface area (Å²) in [6.45, 7) is 8.08. The average Bonchev–Trinajstić information content (AvgIpc) is 3.49. The highest BCUT2D eigenvalue weighted by Gasteiger charge is 2.79. The smallest absolute Gasteiger partial charge is 0.261 e. The number of hydrogen-bond acceptors (Lipinski definition) is 8. The zero-order valence-electron chi connectivity index (χ0n) is 18.7. The van der Waals surface area contributed by atoms with E-state index < -0.39 is 21.2 Å². The first-order valence-electron chi connectivity index (χ1n) is 11.3. The van der Waals surface area contributed by atoms with Crippen molar-refractivity contribution in [3.63, 3.8) is 0 Å². The van der Waals surface area contributed by atoms with Crippen molar-refractivity contribution in [2.75, 3.05) is 46.2 Å². The normalized spacial score (nSPS) is 37.1. The quantitative estimate of drug-likeness (QED) is 0.654. The summed E-state index contributed by atoms with van der Waals surface area (Å²) in [5.41, 5.74) is -0.119. The van der Waals surface area contributed by atoms with Crippen molar-refractivity contribution >= 4 is 23.6 Å². The number of morpholine rings is 1. The van der Waals surface area contributed by atoms with Crippen molar-refractivity contribution in [3.8, 4) is 17.6 Å². The minimum Gasteiger partial charge on any atom is -0.454 e. The Kier molecular flexibility index (Phi) is 4.48. The highest BCUT2D eigenvalue weighted by molar-refractivity contribution is 8.04. The second-order valence-electron chi connectivity index (χ2n) is 9.68. The van der Waals surface area contributed by atoms with E-state index in [0.717, 1.165) is 18.7 Å². The van der Waals surface area contributed by atoms with Crippen LogP contribution in [0.5, 0.6) is 11.5 Å². The summed E-state index contributed by atoms with van der Waals surface area (Å²) in [6.07, 6.45) is 0.300. The molecule has 0 N–H and O–H groups in total. The maximum absolute atomic E-state index is 13.9. The molecule has 4 fully saturated rings. The predicted octanol–water partition coefficient (Wildman–Crippen LogP) is 1.55. The molecular formula is C23H26N4O5S. The molecule has 2 amide bonds. The SMILES string of the molecule is CC12SC3(C[C@](C)(C#N)[C@H](c4ccc5c(c4)OCO5)N3C1=O)C(=O)N2CCN1CCOCC1. The van der Waals surface area contributed by atoms with Crippen molar-refractivity contribution in [1.29, 1.82) is 5.26 Å². The van der Waals surface area contributed by atoms with Gasteiger partial charge in [0.15, 0.2) is 21.2 Å². The number of fused-ring (bicyclic) bond motifs is 2. The molecule has 9 nitrogen and oxygen atoms in total. The number of hydrogen-bond donors (Lipinski definition) is 0. The summed E-state index contributed by atoms with van der Waals surface area (Å²) < 4.78 is 16.4. The van der Waals surface area contributed by atoms with Gasteiger partial charge < -0.3 is 24.0 Å². The molecule has 4 saturated heterocycles. The van der Waals surface area contributed by atoms with Crippen molar-refractivity contribution in [3.05, 3.63) is 23.8 Å². The molecule has 6 rings (SSSR count). The van der Waals surface area contributed by atoms with Gasteiger partial charge in [-0.25, -0.2) is 0 Å². The summed E-state index contributed by atoms with van der Waals surface area (Å²) in [5, 5.41) is 10.2. The molecule has 1 spiro atoms. The number of ether oxygens (including phenoxy) is 3. The summed E-state index contributed by atoms with van der Waals surface area (Å²) in [6, 6.07) is 7.43. The highest BCUT2D eigenvalue weighted by atomic mass is 32.2. The molecule has 0 aromatic heterocycles. The van der Waals surface area contributed by atoms with Crippen LogP contribution >= 0.6 is 11.8 Å². The summed E-state index contributed by atoms with van der Waals surface area (Å²) in [5.74, 6) is 1.08. The van der Waals surface area contributed by atoms with E-state index in [2.05, 4.69) is 11.0 Å². The second-order valence-corrected chi connectivity index (χ2v) is 11.4. The fourth-order valence-electron chi connectivity index (χ4n) is 6.01. The Morgan fingerprint density at radius 1 is 1.12 bits per heavy atom. The molecule has 2 unspecified atom stereocenters. The molecule has 5 aliphatic rings. The van der Waals surface area contributed by atoms with Gasteiger partial charge in [-0.1, -0.05) is 17.8 Å². The monoisotopic (exact) mass is 470 g/mol. The highest BCUT2D eigenvalue weighted by Crippen LogP contribution is 2.69. The Labute approximate surface area is 196 Å². The van der Waals surface area contributed by atoms with Crippen LogP contribution in [0.4, 0.5) is 0 Å². The van der Waals surface area contributed by atoms with Gasteiger partial charge in [0.2, 0.25) is 6.79 Å². The number of amides is 2. The molecule has 10 heteroatoms. The molecule has 4 atom stereocenters. The Balaban J connectivity index is 1.34. The van der Waals surface area contributed by atoms with Gasteiger partial charge in [-0.2, -0.15) is 5.26 Å². The van der Waals surface area contributed by atoms with E-state index in [1.165, 1.54) is 11.8 Å². The Morgan fingerprint density at radius 2 is 1.88 bits per heavy atom. The van der Waals surface area contributed by atoms with E-state index in [-0.39, 0.29) is 18.6 Å². The minimum absolute atomic E-state index is 0.0624. The van der Waals surface area contributed by atoms with Crippen molar-refractivity contribution in [1.82, 2.24) is 14.7 Å². The Hall–Kier alpha value is -2.48. The first-order chi connectivity index (χ1) is 15.8. The van der Waals surface area contributed by atoms with E-state index in [0.29, 0.717) is 44.2 Å².